The van der Waals surface area contributed by atoms with Crippen LogP contribution in [-0.2, 0) is 4.79 Å². The van der Waals surface area contributed by atoms with Crippen molar-refractivity contribution in [2.24, 2.45) is 5.92 Å². The van der Waals surface area contributed by atoms with Crippen molar-refractivity contribution >= 4 is 27.9 Å². The van der Waals surface area contributed by atoms with Crippen molar-refractivity contribution in [3.8, 4) is 11.5 Å². The Morgan fingerprint density at radius 3 is 2.25 bits per heavy atom. The van der Waals surface area contributed by atoms with Gasteiger partial charge in [0.15, 0.2) is 11.5 Å². The second-order valence-corrected chi connectivity index (χ2v) is 6.66. The van der Waals surface area contributed by atoms with Crippen molar-refractivity contribution in [3.63, 3.8) is 0 Å². The molecule has 1 aliphatic carbocycles. The molecule has 0 atom stereocenters. The molecule has 0 amide bonds. The van der Waals surface area contributed by atoms with Gasteiger partial charge in [0.1, 0.15) is 0 Å². The number of halogens is 1. The molecule has 2 aromatic carbocycles. The molecular weight excluding hydrogens is 372 g/mol. The maximum Gasteiger partial charge on any atom is 0.343 e. The van der Waals surface area contributed by atoms with Crippen molar-refractivity contribution < 1.29 is 19.1 Å². The van der Waals surface area contributed by atoms with Gasteiger partial charge in [-0.2, -0.15) is 0 Å². The van der Waals surface area contributed by atoms with Gasteiger partial charge in [0, 0.05) is 4.47 Å². The number of hydrogen-bond acceptors (Lipinski definition) is 4. The minimum Gasteiger partial charge on any atom is -0.422 e. The predicted octanol–water partition coefficient (Wildman–Crippen LogP) is 4.76. The smallest absolute Gasteiger partial charge is 0.343 e. The van der Waals surface area contributed by atoms with Gasteiger partial charge in [0.05, 0.1) is 11.5 Å². The lowest BCUT2D eigenvalue weighted by atomic mass is 10.1. The molecule has 1 saturated carbocycles. The highest BCUT2D eigenvalue weighted by molar-refractivity contribution is 9.10. The van der Waals surface area contributed by atoms with E-state index >= 15 is 0 Å². The normalized spacial score (nSPS) is 14.4. The first-order valence-corrected chi connectivity index (χ1v) is 8.71. The highest BCUT2D eigenvalue weighted by atomic mass is 79.9. The second kappa shape index (κ2) is 7.62. The van der Waals surface area contributed by atoms with E-state index in [0.717, 1.165) is 30.2 Å². The topological polar surface area (TPSA) is 52.6 Å². The van der Waals surface area contributed by atoms with Crippen molar-refractivity contribution in [3.05, 3.63) is 58.6 Å². The van der Waals surface area contributed by atoms with Gasteiger partial charge in [0.2, 0.25) is 0 Å². The lowest BCUT2D eigenvalue weighted by molar-refractivity contribution is -0.138. The van der Waals surface area contributed by atoms with Gasteiger partial charge >= 0.3 is 11.9 Å². The summed E-state index contributed by atoms with van der Waals surface area (Å²) in [6.45, 7) is 0. The Hall–Kier alpha value is -2.14. The van der Waals surface area contributed by atoms with Crippen LogP contribution in [0.5, 0.6) is 11.5 Å². The van der Waals surface area contributed by atoms with E-state index in [9.17, 15) is 9.59 Å². The minimum atomic E-state index is -0.499. The number of carbonyl (C=O) groups excluding carboxylic acids is 2. The molecule has 4 nitrogen and oxygen atoms in total. The van der Waals surface area contributed by atoms with Crippen molar-refractivity contribution in [1.29, 1.82) is 0 Å². The Morgan fingerprint density at radius 2 is 1.58 bits per heavy atom. The number of carbonyl (C=O) groups is 2. The van der Waals surface area contributed by atoms with Crippen LogP contribution in [0.15, 0.2) is 53.0 Å². The molecule has 1 aliphatic rings. The molecule has 5 heteroatoms. The molecule has 0 aromatic heterocycles. The van der Waals surface area contributed by atoms with E-state index in [1.165, 1.54) is 0 Å². The minimum absolute atomic E-state index is 0.0566. The standard InChI is InChI=1S/C19H17BrO4/c20-15-9-5-8-14(12-15)19(22)24-17-11-4-3-10-16(17)23-18(21)13-6-1-2-7-13/h3-5,8-13H,1-2,6-7H2. The van der Waals surface area contributed by atoms with E-state index in [1.807, 2.05) is 6.07 Å². The average molecular weight is 389 g/mol. The molecule has 24 heavy (non-hydrogen) atoms. The van der Waals surface area contributed by atoms with Crippen LogP contribution in [0.2, 0.25) is 0 Å². The summed E-state index contributed by atoms with van der Waals surface area (Å²) in [5, 5.41) is 0. The first-order chi connectivity index (χ1) is 11.6. The third-order valence-electron chi connectivity index (χ3n) is 4.01. The first-order valence-electron chi connectivity index (χ1n) is 7.92. The van der Waals surface area contributed by atoms with Crippen LogP contribution in [0.3, 0.4) is 0 Å². The van der Waals surface area contributed by atoms with E-state index in [-0.39, 0.29) is 23.4 Å². The zero-order valence-electron chi connectivity index (χ0n) is 13.0. The lowest BCUT2D eigenvalue weighted by Gasteiger charge is -2.13. The molecule has 0 heterocycles. The molecule has 0 unspecified atom stereocenters. The third kappa shape index (κ3) is 4.03. The van der Waals surface area contributed by atoms with Gasteiger partial charge in [-0.3, -0.25) is 4.79 Å². The summed E-state index contributed by atoms with van der Waals surface area (Å²) in [6, 6.07) is 13.7. The lowest BCUT2D eigenvalue weighted by Crippen LogP contribution is -2.18. The van der Waals surface area contributed by atoms with Crippen LogP contribution in [-0.4, -0.2) is 11.9 Å². The zero-order valence-corrected chi connectivity index (χ0v) is 14.6. The summed E-state index contributed by atoms with van der Waals surface area (Å²) in [5.74, 6) is -0.287. The largest absolute Gasteiger partial charge is 0.422 e. The fourth-order valence-corrected chi connectivity index (χ4v) is 3.15. The van der Waals surface area contributed by atoms with Crippen LogP contribution >= 0.6 is 15.9 Å². The zero-order chi connectivity index (χ0) is 16.9. The van der Waals surface area contributed by atoms with Crippen molar-refractivity contribution in [2.75, 3.05) is 0 Å². The number of esters is 2. The van der Waals surface area contributed by atoms with E-state index in [4.69, 9.17) is 9.47 Å². The third-order valence-corrected chi connectivity index (χ3v) is 4.50. The van der Waals surface area contributed by atoms with Crippen LogP contribution in [0.4, 0.5) is 0 Å². The Morgan fingerprint density at radius 1 is 0.917 bits per heavy atom. The molecule has 1 fully saturated rings. The number of benzene rings is 2. The molecule has 0 spiro atoms. The molecule has 0 N–H and O–H groups in total. The van der Waals surface area contributed by atoms with E-state index in [2.05, 4.69) is 15.9 Å². The molecular formula is C19H17BrO4. The summed E-state index contributed by atoms with van der Waals surface area (Å²) in [7, 11) is 0. The monoisotopic (exact) mass is 388 g/mol. The Bertz CT molecular complexity index is 751. The Labute approximate surface area is 148 Å². The Kier molecular flexibility index (Phi) is 5.30. The average Bonchev–Trinajstić information content (AvgIpc) is 3.11. The number of ether oxygens (including phenoxy) is 2. The van der Waals surface area contributed by atoms with Crippen LogP contribution in [0.25, 0.3) is 0 Å². The highest BCUT2D eigenvalue weighted by Gasteiger charge is 2.25. The van der Waals surface area contributed by atoms with E-state index < -0.39 is 5.97 Å². The van der Waals surface area contributed by atoms with Crippen LogP contribution in [0.1, 0.15) is 36.0 Å². The summed E-state index contributed by atoms with van der Waals surface area (Å²) in [5.41, 5.74) is 0.418. The van der Waals surface area contributed by atoms with Gasteiger partial charge in [-0.15, -0.1) is 0 Å². The van der Waals surface area contributed by atoms with E-state index in [0.29, 0.717) is 5.56 Å². The van der Waals surface area contributed by atoms with Crippen LogP contribution < -0.4 is 9.47 Å². The predicted molar refractivity (Wildman–Crippen MR) is 93.1 cm³/mol. The summed E-state index contributed by atoms with van der Waals surface area (Å²) >= 11 is 3.32. The van der Waals surface area contributed by atoms with Gasteiger partial charge in [0.25, 0.3) is 0 Å². The highest BCUT2D eigenvalue weighted by Crippen LogP contribution is 2.31. The maximum absolute atomic E-state index is 12.3. The van der Waals surface area contributed by atoms with Crippen molar-refractivity contribution in [1.82, 2.24) is 0 Å². The summed E-state index contributed by atoms with van der Waals surface area (Å²) in [6.07, 6.45) is 3.83. The number of hydrogen-bond donors (Lipinski definition) is 0. The molecule has 124 valence electrons. The van der Waals surface area contributed by atoms with E-state index in [1.54, 1.807) is 42.5 Å². The molecule has 3 rings (SSSR count). The fourth-order valence-electron chi connectivity index (χ4n) is 2.75. The summed E-state index contributed by atoms with van der Waals surface area (Å²) in [4.78, 5) is 24.5. The second-order valence-electron chi connectivity index (χ2n) is 5.75. The van der Waals surface area contributed by atoms with Gasteiger partial charge in [-0.25, -0.2) is 4.79 Å². The number of para-hydroxylation sites is 2. The quantitative estimate of drug-likeness (QED) is 0.559. The molecule has 0 saturated heterocycles. The molecule has 0 radical (unpaired) electrons. The molecule has 2 aromatic rings. The van der Waals surface area contributed by atoms with Gasteiger partial charge in [-0.1, -0.05) is 47.0 Å². The fraction of sp³-hybridized carbons (Fsp3) is 0.263. The van der Waals surface area contributed by atoms with Gasteiger partial charge in [-0.05, 0) is 43.2 Å². The number of rotatable bonds is 4. The van der Waals surface area contributed by atoms with Crippen molar-refractivity contribution in [2.45, 2.75) is 25.7 Å². The first kappa shape index (κ1) is 16.7. The summed E-state index contributed by atoms with van der Waals surface area (Å²) < 4.78 is 11.7. The SMILES string of the molecule is O=C(Oc1ccccc1OC(=O)C1CCCC1)c1cccc(Br)c1. The maximum atomic E-state index is 12.3. The van der Waals surface area contributed by atoms with Crippen LogP contribution in [0, 0.1) is 5.92 Å². The van der Waals surface area contributed by atoms with Gasteiger partial charge < -0.3 is 9.47 Å². The Balaban J connectivity index is 1.74. The molecule has 0 aliphatic heterocycles. The molecule has 0 bridgehead atoms.